The molecule has 0 aliphatic carbocycles. The van der Waals surface area contributed by atoms with Gasteiger partial charge in [0.2, 0.25) is 11.8 Å². The number of amides is 2. The van der Waals surface area contributed by atoms with Gasteiger partial charge in [-0.15, -0.1) is 0 Å². The minimum absolute atomic E-state index is 0.0191. The maximum Gasteiger partial charge on any atom is 0.239 e. The fourth-order valence-electron chi connectivity index (χ4n) is 2.71. The van der Waals surface area contributed by atoms with E-state index in [0.717, 1.165) is 36.5 Å². The number of carbonyl (C=O) groups excluding carboxylic acids is 2. The minimum atomic E-state index is -0.616. The van der Waals surface area contributed by atoms with Crippen LogP contribution >= 0.6 is 0 Å². The molecule has 7 nitrogen and oxygen atoms in total. The molecule has 2 atom stereocenters. The van der Waals surface area contributed by atoms with Crippen molar-refractivity contribution in [2.45, 2.75) is 39.8 Å². The predicted molar refractivity (Wildman–Crippen MR) is 103 cm³/mol. The first-order valence-corrected chi connectivity index (χ1v) is 9.47. The van der Waals surface area contributed by atoms with Gasteiger partial charge in [0.1, 0.15) is 5.75 Å². The van der Waals surface area contributed by atoms with Gasteiger partial charge in [0.15, 0.2) is 0 Å². The summed E-state index contributed by atoms with van der Waals surface area (Å²) in [6.07, 6.45) is 1.01. The molecule has 1 saturated heterocycles. The normalized spacial score (nSPS) is 17.6. The Balaban J connectivity index is 1.83. The first-order chi connectivity index (χ1) is 12.9. The molecule has 0 spiro atoms. The van der Waals surface area contributed by atoms with Crippen molar-refractivity contribution in [1.82, 2.24) is 10.6 Å². The van der Waals surface area contributed by atoms with Crippen LogP contribution < -0.4 is 21.1 Å². The highest BCUT2D eigenvalue weighted by Gasteiger charge is 2.18. The number of aryl methyl sites for hydroxylation is 1. The highest BCUT2D eigenvalue weighted by Crippen LogP contribution is 2.22. The second kappa shape index (κ2) is 10.3. The Hall–Kier alpha value is -2.12. The molecule has 2 rings (SSSR count). The van der Waals surface area contributed by atoms with Crippen LogP contribution in [-0.4, -0.2) is 44.2 Å². The van der Waals surface area contributed by atoms with Gasteiger partial charge in [-0.3, -0.25) is 9.59 Å². The van der Waals surface area contributed by atoms with Crippen molar-refractivity contribution in [3.05, 3.63) is 29.3 Å². The topological polar surface area (TPSA) is 103 Å². The van der Waals surface area contributed by atoms with Gasteiger partial charge in [-0.05, 0) is 30.9 Å². The molecule has 1 fully saturated rings. The zero-order valence-electron chi connectivity index (χ0n) is 16.4. The van der Waals surface area contributed by atoms with Gasteiger partial charge in [0, 0.05) is 24.6 Å². The minimum Gasteiger partial charge on any atom is -0.493 e. The third-order valence-corrected chi connectivity index (χ3v) is 4.64. The lowest BCUT2D eigenvalue weighted by Crippen LogP contribution is -2.47. The molecule has 27 heavy (non-hydrogen) atoms. The van der Waals surface area contributed by atoms with E-state index in [4.69, 9.17) is 15.2 Å². The zero-order valence-corrected chi connectivity index (χ0v) is 16.4. The van der Waals surface area contributed by atoms with Gasteiger partial charge in [0.25, 0.3) is 0 Å². The molecule has 2 amide bonds. The number of nitrogens with two attached hydrogens (primary N) is 1. The summed E-state index contributed by atoms with van der Waals surface area (Å²) >= 11 is 0. The summed E-state index contributed by atoms with van der Waals surface area (Å²) in [7, 11) is 0. The van der Waals surface area contributed by atoms with Crippen LogP contribution in [0.15, 0.2) is 18.2 Å². The van der Waals surface area contributed by atoms with E-state index < -0.39 is 6.04 Å². The standard InChI is InChI=1S/C20H31N3O4/c1-13(2)19(21)20(25)23-10-18(24)22-9-16-5-4-14(3)8-17(16)27-12-15-6-7-26-11-15/h4-5,8,13,15,19H,6-7,9-12,21H2,1-3H3,(H,22,24)(H,23,25)/t15?,19-/m0/s1. The Morgan fingerprint density at radius 1 is 1.33 bits per heavy atom. The average molecular weight is 377 g/mol. The summed E-state index contributed by atoms with van der Waals surface area (Å²) in [6, 6.07) is 5.29. The summed E-state index contributed by atoms with van der Waals surface area (Å²) in [5.41, 5.74) is 7.76. The molecule has 1 aliphatic heterocycles. The molecule has 1 heterocycles. The molecule has 150 valence electrons. The van der Waals surface area contributed by atoms with Crippen molar-refractivity contribution in [3.8, 4) is 5.75 Å². The summed E-state index contributed by atoms with van der Waals surface area (Å²) < 4.78 is 11.3. The van der Waals surface area contributed by atoms with E-state index in [-0.39, 0.29) is 24.3 Å². The maximum atomic E-state index is 12.0. The SMILES string of the molecule is Cc1ccc(CNC(=O)CNC(=O)[C@@H](N)C(C)C)c(OCC2CCOC2)c1. The van der Waals surface area contributed by atoms with E-state index in [1.807, 2.05) is 39.0 Å². The van der Waals surface area contributed by atoms with Crippen LogP contribution in [-0.2, 0) is 20.9 Å². The van der Waals surface area contributed by atoms with Crippen molar-refractivity contribution in [1.29, 1.82) is 0 Å². The number of nitrogens with one attached hydrogen (secondary N) is 2. The first-order valence-electron chi connectivity index (χ1n) is 9.47. The monoisotopic (exact) mass is 377 g/mol. The molecular formula is C20H31N3O4. The van der Waals surface area contributed by atoms with Gasteiger partial charge in [0.05, 0.1) is 25.8 Å². The number of rotatable bonds is 9. The maximum absolute atomic E-state index is 12.0. The van der Waals surface area contributed by atoms with Gasteiger partial charge in [-0.2, -0.15) is 0 Å². The highest BCUT2D eigenvalue weighted by molar-refractivity contribution is 5.87. The van der Waals surface area contributed by atoms with Crippen LogP contribution in [0.3, 0.4) is 0 Å². The molecule has 1 aromatic carbocycles. The Morgan fingerprint density at radius 3 is 2.78 bits per heavy atom. The summed E-state index contributed by atoms with van der Waals surface area (Å²) in [5, 5.41) is 5.38. The van der Waals surface area contributed by atoms with Crippen LogP contribution in [0.2, 0.25) is 0 Å². The van der Waals surface area contributed by atoms with E-state index in [2.05, 4.69) is 10.6 Å². The van der Waals surface area contributed by atoms with Crippen molar-refractivity contribution in [3.63, 3.8) is 0 Å². The van der Waals surface area contributed by atoms with Crippen LogP contribution in [0.1, 0.15) is 31.4 Å². The predicted octanol–water partition coefficient (Wildman–Crippen LogP) is 1.13. The zero-order chi connectivity index (χ0) is 19.8. The number of ether oxygens (including phenoxy) is 2. The summed E-state index contributed by atoms with van der Waals surface area (Å²) in [6.45, 7) is 8.09. The Kier molecular flexibility index (Phi) is 8.06. The lowest BCUT2D eigenvalue weighted by atomic mass is 10.1. The lowest BCUT2D eigenvalue weighted by molar-refractivity contribution is -0.127. The Labute approximate surface area is 161 Å². The van der Waals surface area contributed by atoms with Gasteiger partial charge in [-0.1, -0.05) is 26.0 Å². The first kappa shape index (κ1) is 21.2. The summed E-state index contributed by atoms with van der Waals surface area (Å²) in [5.74, 6) is 0.611. The van der Waals surface area contributed by atoms with Crippen LogP contribution in [0.25, 0.3) is 0 Å². The average Bonchev–Trinajstić information content (AvgIpc) is 3.16. The molecule has 0 bridgehead atoms. The van der Waals surface area contributed by atoms with Crippen LogP contribution in [0.4, 0.5) is 0 Å². The van der Waals surface area contributed by atoms with E-state index in [1.165, 1.54) is 0 Å². The third-order valence-electron chi connectivity index (χ3n) is 4.64. The number of hydrogen-bond donors (Lipinski definition) is 3. The van der Waals surface area contributed by atoms with Crippen molar-refractivity contribution in [2.75, 3.05) is 26.4 Å². The second-order valence-corrected chi connectivity index (χ2v) is 7.42. The smallest absolute Gasteiger partial charge is 0.239 e. The van der Waals surface area contributed by atoms with Crippen LogP contribution in [0.5, 0.6) is 5.75 Å². The molecule has 4 N–H and O–H groups in total. The molecule has 1 aromatic rings. The highest BCUT2D eigenvalue weighted by atomic mass is 16.5. The fraction of sp³-hybridized carbons (Fsp3) is 0.600. The molecule has 7 heteroatoms. The van der Waals surface area contributed by atoms with Crippen molar-refractivity contribution in [2.24, 2.45) is 17.6 Å². The van der Waals surface area contributed by atoms with Gasteiger partial charge in [-0.25, -0.2) is 0 Å². The van der Waals surface area contributed by atoms with Crippen LogP contribution in [0, 0.1) is 18.8 Å². The van der Waals surface area contributed by atoms with E-state index in [9.17, 15) is 9.59 Å². The number of benzene rings is 1. The third kappa shape index (κ3) is 6.84. The van der Waals surface area contributed by atoms with Crippen molar-refractivity contribution < 1.29 is 19.1 Å². The number of carbonyl (C=O) groups is 2. The van der Waals surface area contributed by atoms with Gasteiger partial charge < -0.3 is 25.8 Å². The summed E-state index contributed by atoms with van der Waals surface area (Å²) in [4.78, 5) is 23.9. The number of hydrogen-bond acceptors (Lipinski definition) is 5. The molecule has 1 aliphatic rings. The largest absolute Gasteiger partial charge is 0.493 e. The van der Waals surface area contributed by atoms with E-state index >= 15 is 0 Å². The van der Waals surface area contributed by atoms with E-state index in [1.54, 1.807) is 0 Å². The van der Waals surface area contributed by atoms with Gasteiger partial charge >= 0.3 is 0 Å². The molecule has 0 radical (unpaired) electrons. The lowest BCUT2D eigenvalue weighted by Gasteiger charge is -2.16. The quantitative estimate of drug-likeness (QED) is 0.599. The van der Waals surface area contributed by atoms with Crippen molar-refractivity contribution >= 4 is 11.8 Å². The molecule has 0 aromatic heterocycles. The molecular weight excluding hydrogens is 346 g/mol. The molecule has 0 saturated carbocycles. The fourth-order valence-corrected chi connectivity index (χ4v) is 2.71. The van der Waals surface area contributed by atoms with E-state index in [0.29, 0.717) is 19.1 Å². The second-order valence-electron chi connectivity index (χ2n) is 7.42. The Morgan fingerprint density at radius 2 is 2.11 bits per heavy atom. The Bertz CT molecular complexity index is 642. The molecule has 1 unspecified atom stereocenters.